The molecule has 4 heteroatoms. The molecular weight excluding hydrogens is 362 g/mol. The molecule has 1 aromatic carbocycles. The van der Waals surface area contributed by atoms with Crippen molar-refractivity contribution in [1.82, 2.24) is 0 Å². The Balaban J connectivity index is 1.86. The van der Waals surface area contributed by atoms with E-state index in [1.165, 1.54) is 4.74 Å². The molecule has 1 aliphatic carbocycles. The number of benzene rings is 1. The molecule has 0 aromatic heterocycles. The van der Waals surface area contributed by atoms with E-state index in [1.54, 1.807) is 0 Å². The van der Waals surface area contributed by atoms with Gasteiger partial charge in [0.2, 0.25) is 5.71 Å². The summed E-state index contributed by atoms with van der Waals surface area (Å²) in [7, 11) is 0. The minimum Gasteiger partial charge on any atom is -0.488 e. The van der Waals surface area contributed by atoms with Crippen LogP contribution in [-0.2, 0) is 4.74 Å². The highest BCUT2D eigenvalue weighted by Crippen LogP contribution is 2.50. The van der Waals surface area contributed by atoms with Crippen LogP contribution in [0.25, 0.3) is 5.57 Å². The molecule has 0 saturated heterocycles. The van der Waals surface area contributed by atoms with E-state index >= 15 is 0 Å². The van der Waals surface area contributed by atoms with Crippen molar-refractivity contribution in [3.63, 3.8) is 0 Å². The van der Waals surface area contributed by atoms with Gasteiger partial charge >= 0.3 is 0 Å². The molecule has 0 radical (unpaired) electrons. The Bertz CT molecular complexity index is 867. The monoisotopic (exact) mass is 400 g/mol. The molecule has 0 atom stereocenters. The Morgan fingerprint density at radius 1 is 1.07 bits per heavy atom. The van der Waals surface area contributed by atoms with Crippen molar-refractivity contribution in [3.05, 3.63) is 29.8 Å². The first-order valence-corrected chi connectivity index (χ1v) is 10.7. The first-order valence-electron chi connectivity index (χ1n) is 10.7. The van der Waals surface area contributed by atoms with Crippen LogP contribution in [0.3, 0.4) is 0 Å². The van der Waals surface area contributed by atoms with E-state index in [-0.39, 0.29) is 22.0 Å². The van der Waals surface area contributed by atoms with E-state index in [2.05, 4.69) is 74.5 Å². The van der Waals surface area contributed by atoms with Crippen molar-refractivity contribution < 1.29 is 19.4 Å². The zero-order chi connectivity index (χ0) is 21.8. The van der Waals surface area contributed by atoms with Gasteiger partial charge in [-0.25, -0.2) is 0 Å². The molecule has 2 aliphatic rings. The molecule has 1 N–H and O–H groups in total. The predicted molar refractivity (Wildman–Crippen MR) is 118 cm³/mol. The molecule has 1 aliphatic heterocycles. The number of hydrogen-bond acceptors (Lipinski definition) is 3. The lowest BCUT2D eigenvalue weighted by Crippen LogP contribution is -2.37. The number of nitrogens with zero attached hydrogens (tertiary/aromatic N) is 1. The number of hydrogen-bond donors (Lipinski definition) is 1. The summed E-state index contributed by atoms with van der Waals surface area (Å²) in [5, 5.41) is 11.0. The fourth-order valence-corrected chi connectivity index (χ4v) is 4.78. The van der Waals surface area contributed by atoms with E-state index in [0.717, 1.165) is 41.1 Å². The normalized spacial score (nSPS) is 20.2. The van der Waals surface area contributed by atoms with Crippen LogP contribution in [0.1, 0.15) is 80.7 Å². The van der Waals surface area contributed by atoms with Crippen molar-refractivity contribution >= 4 is 17.0 Å². The lowest BCUT2D eigenvalue weighted by atomic mass is 9.65. The van der Waals surface area contributed by atoms with Crippen LogP contribution >= 0.6 is 0 Å². The van der Waals surface area contributed by atoms with Gasteiger partial charge in [0.15, 0.2) is 0 Å². The lowest BCUT2D eigenvalue weighted by Gasteiger charge is -2.35. The van der Waals surface area contributed by atoms with Gasteiger partial charge in [-0.05, 0) is 72.4 Å². The number of rotatable bonds is 5. The van der Waals surface area contributed by atoms with Gasteiger partial charge in [0.25, 0.3) is 5.69 Å². The molecule has 0 amide bonds. The van der Waals surface area contributed by atoms with Gasteiger partial charge in [-0.15, -0.1) is 0 Å². The van der Waals surface area contributed by atoms with Gasteiger partial charge in [0.1, 0.15) is 11.4 Å². The average Bonchev–Trinajstić information content (AvgIpc) is 2.76. The average molecular weight is 401 g/mol. The van der Waals surface area contributed by atoms with Crippen LogP contribution < -0.4 is 4.74 Å². The van der Waals surface area contributed by atoms with Gasteiger partial charge < -0.3 is 9.47 Å². The van der Waals surface area contributed by atoms with E-state index in [4.69, 9.17) is 9.47 Å². The summed E-state index contributed by atoms with van der Waals surface area (Å²) >= 11 is 0. The van der Waals surface area contributed by atoms with Gasteiger partial charge in [0.05, 0.1) is 34.8 Å². The van der Waals surface area contributed by atoms with Gasteiger partial charge in [-0.3, -0.25) is 5.21 Å². The minimum atomic E-state index is -0.362. The molecule has 29 heavy (non-hydrogen) atoms. The standard InChI is InChI=1S/C25H38NO3/c1-22(2,3)28-13-12-25(8,9)29-17-10-11-18-19-15-23(4,5)16-24(6,7)21(19)26(27)20(18)14-17/h10-11,14-15,27H,12-13,16H2,1-9H3/q+1. The van der Waals surface area contributed by atoms with E-state index in [1.807, 2.05) is 12.1 Å². The maximum absolute atomic E-state index is 11.0. The van der Waals surface area contributed by atoms with Crippen molar-refractivity contribution in [2.75, 3.05) is 6.61 Å². The van der Waals surface area contributed by atoms with Gasteiger partial charge in [-0.2, -0.15) is 0 Å². The fraction of sp³-hybridized carbons (Fsp3) is 0.640. The maximum atomic E-state index is 11.0. The van der Waals surface area contributed by atoms with E-state index in [0.29, 0.717) is 6.61 Å². The molecule has 4 nitrogen and oxygen atoms in total. The maximum Gasteiger partial charge on any atom is 0.269 e. The first kappa shape index (κ1) is 21.9. The number of fused-ring (bicyclic) bond motifs is 3. The third kappa shape index (κ3) is 4.69. The molecule has 0 saturated carbocycles. The summed E-state index contributed by atoms with van der Waals surface area (Å²) in [4.78, 5) is 0. The molecule has 0 unspecified atom stereocenters. The second kappa shape index (κ2) is 6.87. The van der Waals surface area contributed by atoms with Crippen LogP contribution in [-0.4, -0.2) is 33.5 Å². The molecule has 0 spiro atoms. The number of ether oxygens (including phenoxy) is 2. The molecule has 0 fully saturated rings. The third-order valence-electron chi connectivity index (χ3n) is 5.66. The Kier molecular flexibility index (Phi) is 5.18. The third-order valence-corrected chi connectivity index (χ3v) is 5.66. The highest BCUT2D eigenvalue weighted by atomic mass is 16.5. The SMILES string of the molecule is CC1(C)C=C2C(=[N+](O)c3cc(OC(C)(C)CCOC(C)(C)C)ccc32)C(C)(C)C1. The van der Waals surface area contributed by atoms with Gasteiger partial charge in [-0.1, -0.05) is 19.9 Å². The Hall–Kier alpha value is -1.81. The zero-order valence-corrected chi connectivity index (χ0v) is 19.6. The molecule has 1 aromatic rings. The molecule has 1 heterocycles. The van der Waals surface area contributed by atoms with Crippen LogP contribution in [0.4, 0.5) is 5.69 Å². The molecular formula is C25H38NO3+. The van der Waals surface area contributed by atoms with Crippen LogP contribution in [0, 0.1) is 10.8 Å². The highest BCUT2D eigenvalue weighted by Gasteiger charge is 2.50. The predicted octanol–water partition coefficient (Wildman–Crippen LogP) is 6.38. The Labute approximate surface area is 176 Å². The highest BCUT2D eigenvalue weighted by molar-refractivity contribution is 6.27. The second-order valence-electron chi connectivity index (χ2n) is 11.5. The van der Waals surface area contributed by atoms with E-state index in [9.17, 15) is 5.21 Å². The summed E-state index contributed by atoms with van der Waals surface area (Å²) in [5.41, 5.74) is 3.48. The largest absolute Gasteiger partial charge is 0.488 e. The minimum absolute atomic E-state index is 0.0923. The first-order chi connectivity index (χ1) is 13.1. The Morgan fingerprint density at radius 3 is 2.34 bits per heavy atom. The number of allylic oxidation sites excluding steroid dienone is 2. The topological polar surface area (TPSA) is 41.7 Å². The Morgan fingerprint density at radius 2 is 1.72 bits per heavy atom. The summed E-state index contributed by atoms with van der Waals surface area (Å²) < 4.78 is 13.5. The quantitative estimate of drug-likeness (QED) is 0.461. The summed E-state index contributed by atoms with van der Waals surface area (Å²) in [5.74, 6) is 0.764. The second-order valence-corrected chi connectivity index (χ2v) is 11.5. The van der Waals surface area contributed by atoms with Crippen molar-refractivity contribution in [1.29, 1.82) is 0 Å². The summed E-state index contributed by atoms with van der Waals surface area (Å²) in [6.45, 7) is 19.9. The van der Waals surface area contributed by atoms with Crippen molar-refractivity contribution in [2.24, 2.45) is 10.8 Å². The van der Waals surface area contributed by atoms with Crippen LogP contribution in [0.15, 0.2) is 24.3 Å². The van der Waals surface area contributed by atoms with Gasteiger partial charge in [0, 0.05) is 11.2 Å². The van der Waals surface area contributed by atoms with Crippen LogP contribution in [0.2, 0.25) is 0 Å². The molecule has 160 valence electrons. The van der Waals surface area contributed by atoms with Crippen molar-refractivity contribution in [3.8, 4) is 5.75 Å². The smallest absolute Gasteiger partial charge is 0.269 e. The fourth-order valence-electron chi connectivity index (χ4n) is 4.78. The summed E-state index contributed by atoms with van der Waals surface area (Å²) in [6.07, 6.45) is 4.08. The van der Waals surface area contributed by atoms with Crippen molar-refractivity contribution in [2.45, 2.75) is 86.4 Å². The molecule has 3 rings (SSSR count). The molecule has 0 bridgehead atoms. The van der Waals surface area contributed by atoms with E-state index < -0.39 is 0 Å². The lowest BCUT2D eigenvalue weighted by molar-refractivity contribution is -0.712. The van der Waals surface area contributed by atoms with Crippen LogP contribution in [0.5, 0.6) is 5.75 Å². The summed E-state index contributed by atoms with van der Waals surface area (Å²) in [6, 6.07) is 6.04. The zero-order valence-electron chi connectivity index (χ0n) is 19.6.